The topological polar surface area (TPSA) is 68.3 Å². The van der Waals surface area contributed by atoms with Crippen LogP contribution in [-0.4, -0.2) is 25.2 Å². The summed E-state index contributed by atoms with van der Waals surface area (Å²) < 4.78 is 24.0. The van der Waals surface area contributed by atoms with Crippen LogP contribution < -0.4 is 10.5 Å². The van der Waals surface area contributed by atoms with E-state index in [-0.39, 0.29) is 23.3 Å². The van der Waals surface area contributed by atoms with Crippen molar-refractivity contribution in [2.45, 2.75) is 20.0 Å². The molecule has 1 aromatic carbocycles. The Kier molecular flexibility index (Phi) is 4.90. The monoisotopic (exact) mass is 240 g/mol. The molecule has 0 aromatic heterocycles. The number of nitrogens with two attached hydrogens (primary N) is 1. The highest BCUT2D eigenvalue weighted by Crippen LogP contribution is 2.20. The van der Waals surface area contributed by atoms with Crippen molar-refractivity contribution in [2.75, 3.05) is 13.2 Å². The molecule has 0 fully saturated rings. The largest absolute Gasteiger partial charge is 0.490 e. The minimum absolute atomic E-state index is 0.00273. The molecule has 0 aliphatic carbocycles. The van der Waals surface area contributed by atoms with Crippen LogP contribution in [-0.2, 0) is 4.74 Å². The molecule has 0 aliphatic rings. The predicted molar refractivity (Wildman–Crippen MR) is 64.0 cm³/mol. The lowest BCUT2D eigenvalue weighted by atomic mass is 10.1. The Morgan fingerprint density at radius 3 is 2.71 bits per heavy atom. The molecule has 5 heteroatoms. The van der Waals surface area contributed by atoms with Gasteiger partial charge in [-0.25, -0.2) is 4.39 Å². The molecule has 0 saturated heterocycles. The van der Waals surface area contributed by atoms with Crippen molar-refractivity contribution in [3.63, 3.8) is 0 Å². The number of amidine groups is 1. The summed E-state index contributed by atoms with van der Waals surface area (Å²) in [7, 11) is 0. The highest BCUT2D eigenvalue weighted by Gasteiger charge is 2.12. The fraction of sp³-hybridized carbons (Fsp3) is 0.417. The molecule has 94 valence electrons. The SMILES string of the molecule is CC(C)OCCOc1cccc(F)c1C(=N)N. The molecule has 0 saturated carbocycles. The fourth-order valence-corrected chi connectivity index (χ4v) is 1.32. The van der Waals surface area contributed by atoms with Crippen molar-refractivity contribution in [1.29, 1.82) is 5.41 Å². The van der Waals surface area contributed by atoms with E-state index < -0.39 is 5.82 Å². The van der Waals surface area contributed by atoms with Crippen molar-refractivity contribution in [3.05, 3.63) is 29.6 Å². The Balaban J connectivity index is 2.64. The molecule has 0 amide bonds. The molecule has 0 bridgehead atoms. The van der Waals surface area contributed by atoms with Gasteiger partial charge in [0.1, 0.15) is 24.0 Å². The smallest absolute Gasteiger partial charge is 0.137 e. The molecule has 0 radical (unpaired) electrons. The van der Waals surface area contributed by atoms with Crippen LogP contribution in [0.5, 0.6) is 5.75 Å². The van der Waals surface area contributed by atoms with Gasteiger partial charge in [-0.1, -0.05) is 6.07 Å². The molecule has 0 spiro atoms. The van der Waals surface area contributed by atoms with Crippen LogP contribution in [0.25, 0.3) is 0 Å². The maximum atomic E-state index is 13.4. The lowest BCUT2D eigenvalue weighted by Gasteiger charge is -2.12. The molecule has 0 heterocycles. The number of hydrogen-bond acceptors (Lipinski definition) is 3. The number of rotatable bonds is 6. The normalized spacial score (nSPS) is 10.6. The maximum absolute atomic E-state index is 13.4. The summed E-state index contributed by atoms with van der Waals surface area (Å²) in [5, 5.41) is 7.29. The van der Waals surface area contributed by atoms with Crippen LogP contribution in [0.15, 0.2) is 18.2 Å². The van der Waals surface area contributed by atoms with E-state index in [1.54, 1.807) is 6.07 Å². The van der Waals surface area contributed by atoms with Gasteiger partial charge >= 0.3 is 0 Å². The lowest BCUT2D eigenvalue weighted by Crippen LogP contribution is -2.17. The second-order valence-corrected chi connectivity index (χ2v) is 3.79. The van der Waals surface area contributed by atoms with Gasteiger partial charge in [0.25, 0.3) is 0 Å². The molecular weight excluding hydrogens is 223 g/mol. The number of ether oxygens (including phenoxy) is 2. The first-order chi connectivity index (χ1) is 8.02. The van der Waals surface area contributed by atoms with Gasteiger partial charge in [0, 0.05) is 0 Å². The summed E-state index contributed by atoms with van der Waals surface area (Å²) >= 11 is 0. The average molecular weight is 240 g/mol. The van der Waals surface area contributed by atoms with E-state index >= 15 is 0 Å². The van der Waals surface area contributed by atoms with E-state index in [4.69, 9.17) is 20.6 Å². The van der Waals surface area contributed by atoms with Gasteiger partial charge in [0.2, 0.25) is 0 Å². The third kappa shape index (κ3) is 4.03. The molecule has 0 aliphatic heterocycles. The first kappa shape index (κ1) is 13.4. The molecule has 17 heavy (non-hydrogen) atoms. The molecular formula is C12H17FN2O2. The molecule has 1 aromatic rings. The maximum Gasteiger partial charge on any atom is 0.137 e. The standard InChI is InChI=1S/C12H17FN2O2/c1-8(2)16-6-7-17-10-5-3-4-9(13)11(10)12(14)15/h3-5,8H,6-7H2,1-2H3,(H3,14,15). The molecule has 0 unspecified atom stereocenters. The van der Waals surface area contributed by atoms with Gasteiger partial charge in [0.05, 0.1) is 18.3 Å². The minimum Gasteiger partial charge on any atom is -0.490 e. The first-order valence-corrected chi connectivity index (χ1v) is 5.39. The van der Waals surface area contributed by atoms with E-state index in [0.29, 0.717) is 13.2 Å². The van der Waals surface area contributed by atoms with Crippen LogP contribution in [0.4, 0.5) is 4.39 Å². The van der Waals surface area contributed by atoms with Crippen LogP contribution in [0, 0.1) is 11.2 Å². The first-order valence-electron chi connectivity index (χ1n) is 5.39. The van der Waals surface area contributed by atoms with Gasteiger partial charge < -0.3 is 15.2 Å². The highest BCUT2D eigenvalue weighted by atomic mass is 19.1. The van der Waals surface area contributed by atoms with Crippen molar-refractivity contribution in [1.82, 2.24) is 0 Å². The number of benzene rings is 1. The predicted octanol–water partition coefficient (Wildman–Crippen LogP) is 1.91. The van der Waals surface area contributed by atoms with Crippen molar-refractivity contribution in [3.8, 4) is 5.75 Å². The average Bonchev–Trinajstić information content (AvgIpc) is 2.23. The van der Waals surface area contributed by atoms with Crippen molar-refractivity contribution >= 4 is 5.84 Å². The van der Waals surface area contributed by atoms with Gasteiger partial charge in [-0.2, -0.15) is 0 Å². The third-order valence-corrected chi connectivity index (χ3v) is 2.04. The zero-order valence-electron chi connectivity index (χ0n) is 10.00. The van der Waals surface area contributed by atoms with E-state index in [2.05, 4.69) is 0 Å². The second kappa shape index (κ2) is 6.20. The summed E-state index contributed by atoms with van der Waals surface area (Å²) in [6.07, 6.45) is 0.124. The quantitative estimate of drug-likeness (QED) is 0.453. The van der Waals surface area contributed by atoms with Crippen LogP contribution in [0.2, 0.25) is 0 Å². The summed E-state index contributed by atoms with van der Waals surface area (Å²) in [6.45, 7) is 4.54. The highest BCUT2D eigenvalue weighted by molar-refractivity contribution is 5.97. The van der Waals surface area contributed by atoms with Gasteiger partial charge in [-0.3, -0.25) is 5.41 Å². The van der Waals surface area contributed by atoms with E-state index in [0.717, 1.165) is 0 Å². The van der Waals surface area contributed by atoms with E-state index in [1.165, 1.54) is 12.1 Å². The van der Waals surface area contributed by atoms with Gasteiger partial charge in [-0.05, 0) is 26.0 Å². The number of halogens is 1. The zero-order chi connectivity index (χ0) is 12.8. The Hall–Kier alpha value is -1.62. The van der Waals surface area contributed by atoms with E-state index in [9.17, 15) is 4.39 Å². The second-order valence-electron chi connectivity index (χ2n) is 3.79. The Bertz CT molecular complexity index is 394. The Labute approximate surface area is 100 Å². The lowest BCUT2D eigenvalue weighted by molar-refractivity contribution is 0.0551. The van der Waals surface area contributed by atoms with E-state index in [1.807, 2.05) is 13.8 Å². The summed E-state index contributed by atoms with van der Waals surface area (Å²) in [4.78, 5) is 0. The van der Waals surface area contributed by atoms with Crippen molar-refractivity contribution < 1.29 is 13.9 Å². The van der Waals surface area contributed by atoms with Crippen LogP contribution in [0.1, 0.15) is 19.4 Å². The third-order valence-electron chi connectivity index (χ3n) is 2.04. The summed E-state index contributed by atoms with van der Waals surface area (Å²) in [5.41, 5.74) is 5.30. The number of nitrogen functional groups attached to an aromatic ring is 1. The Morgan fingerprint density at radius 1 is 1.41 bits per heavy atom. The van der Waals surface area contributed by atoms with Gasteiger partial charge in [0.15, 0.2) is 0 Å². The Morgan fingerprint density at radius 2 is 2.12 bits per heavy atom. The van der Waals surface area contributed by atoms with Gasteiger partial charge in [-0.15, -0.1) is 0 Å². The molecule has 0 atom stereocenters. The number of hydrogen-bond donors (Lipinski definition) is 2. The zero-order valence-corrected chi connectivity index (χ0v) is 10.00. The molecule has 1 rings (SSSR count). The van der Waals surface area contributed by atoms with Crippen LogP contribution in [0.3, 0.4) is 0 Å². The minimum atomic E-state index is -0.556. The summed E-state index contributed by atoms with van der Waals surface area (Å²) in [5.74, 6) is -0.632. The fourth-order valence-electron chi connectivity index (χ4n) is 1.32. The molecule has 3 N–H and O–H groups in total. The van der Waals surface area contributed by atoms with Crippen LogP contribution >= 0.6 is 0 Å². The number of nitrogens with one attached hydrogen (secondary N) is 1. The van der Waals surface area contributed by atoms with Crippen molar-refractivity contribution in [2.24, 2.45) is 5.73 Å². The summed E-state index contributed by atoms with van der Waals surface area (Å²) in [6, 6.07) is 4.34. The molecule has 4 nitrogen and oxygen atoms in total.